The fraction of sp³-hybridized carbons (Fsp3) is 0.714. The molecule has 1 aliphatic heterocycles. The second kappa shape index (κ2) is 6.29. The van der Waals surface area contributed by atoms with E-state index >= 15 is 0 Å². The molecule has 0 spiro atoms. The van der Waals surface area contributed by atoms with Crippen molar-refractivity contribution in [3.8, 4) is 0 Å². The second-order valence-electron chi connectivity index (χ2n) is 5.68. The van der Waals surface area contributed by atoms with Gasteiger partial charge in [0.2, 0.25) is 5.91 Å². The topological polar surface area (TPSA) is 86.5 Å². The number of aryl methyl sites for hydroxylation is 1. The van der Waals surface area contributed by atoms with Crippen LogP contribution in [0.15, 0.2) is 5.38 Å². The van der Waals surface area contributed by atoms with E-state index < -0.39 is 0 Å². The molecule has 1 aromatic rings. The van der Waals surface area contributed by atoms with Gasteiger partial charge in [0, 0.05) is 43.4 Å². The molecule has 1 saturated carbocycles. The van der Waals surface area contributed by atoms with Crippen molar-refractivity contribution in [3.05, 3.63) is 11.1 Å². The van der Waals surface area contributed by atoms with Crippen molar-refractivity contribution >= 4 is 22.4 Å². The van der Waals surface area contributed by atoms with Gasteiger partial charge in [0.05, 0.1) is 18.4 Å². The number of thiazole rings is 1. The van der Waals surface area contributed by atoms with Gasteiger partial charge in [-0.25, -0.2) is 4.98 Å². The van der Waals surface area contributed by atoms with Crippen molar-refractivity contribution in [2.24, 2.45) is 11.8 Å². The van der Waals surface area contributed by atoms with Crippen LogP contribution < -0.4 is 11.1 Å². The molecule has 0 aromatic carbocycles. The summed E-state index contributed by atoms with van der Waals surface area (Å²) in [6, 6.07) is 0.186. The summed E-state index contributed by atoms with van der Waals surface area (Å²) in [5, 5.41) is 5.60. The molecule has 116 valence electrons. The predicted molar refractivity (Wildman–Crippen MR) is 80.0 cm³/mol. The van der Waals surface area contributed by atoms with E-state index in [4.69, 9.17) is 15.2 Å². The zero-order valence-electron chi connectivity index (χ0n) is 12.1. The van der Waals surface area contributed by atoms with Gasteiger partial charge >= 0.3 is 0 Å². The van der Waals surface area contributed by atoms with E-state index in [-0.39, 0.29) is 24.0 Å². The Bertz CT molecular complexity index is 507. The lowest BCUT2D eigenvalue weighted by Crippen LogP contribution is -2.62. The number of nitrogens with zero attached hydrogens (tertiary/aromatic N) is 1. The Morgan fingerprint density at radius 3 is 3.24 bits per heavy atom. The molecule has 21 heavy (non-hydrogen) atoms. The van der Waals surface area contributed by atoms with Crippen LogP contribution in [0, 0.1) is 11.8 Å². The van der Waals surface area contributed by atoms with Gasteiger partial charge in [-0.1, -0.05) is 0 Å². The molecule has 3 N–H and O–H groups in total. The lowest BCUT2D eigenvalue weighted by atomic mass is 9.67. The standard InChI is InChI=1S/C14H21N3O3S/c1-19-6-10-12(9-4-5-20-13(9)10)17-11(18)3-2-8-7-21-14(15)16-8/h7,9-10,12-13H,2-6H2,1H3,(H2,15,16)(H,17,18)/t9-,10+,12+,13-/m0/s1. The fourth-order valence-corrected chi connectivity index (χ4v) is 3.97. The number of nitrogens with one attached hydrogen (secondary N) is 1. The monoisotopic (exact) mass is 311 g/mol. The molecule has 1 amide bonds. The Balaban J connectivity index is 1.49. The molecule has 0 radical (unpaired) electrons. The maximum Gasteiger partial charge on any atom is 0.220 e. The average molecular weight is 311 g/mol. The summed E-state index contributed by atoms with van der Waals surface area (Å²) in [7, 11) is 1.69. The summed E-state index contributed by atoms with van der Waals surface area (Å²) in [5.41, 5.74) is 6.47. The Kier molecular flexibility index (Phi) is 4.42. The summed E-state index contributed by atoms with van der Waals surface area (Å²) in [6.45, 7) is 1.43. The Morgan fingerprint density at radius 1 is 1.67 bits per heavy atom. The summed E-state index contributed by atoms with van der Waals surface area (Å²) in [5.74, 6) is 0.795. The first kappa shape index (κ1) is 14.7. The van der Waals surface area contributed by atoms with Gasteiger partial charge in [-0.05, 0) is 12.8 Å². The predicted octanol–water partition coefficient (Wildman–Crippen LogP) is 0.824. The average Bonchev–Trinajstić information content (AvgIpc) is 3.07. The summed E-state index contributed by atoms with van der Waals surface area (Å²) in [6.07, 6.45) is 2.36. The van der Waals surface area contributed by atoms with Crippen molar-refractivity contribution in [2.45, 2.75) is 31.4 Å². The Hall–Kier alpha value is -1.18. The number of methoxy groups -OCH3 is 1. The van der Waals surface area contributed by atoms with Crippen LogP contribution in [0.3, 0.4) is 0 Å². The number of nitrogen functional groups attached to an aromatic ring is 1. The zero-order valence-corrected chi connectivity index (χ0v) is 12.9. The number of amides is 1. The smallest absolute Gasteiger partial charge is 0.220 e. The van der Waals surface area contributed by atoms with Crippen LogP contribution >= 0.6 is 11.3 Å². The number of anilines is 1. The number of ether oxygens (including phenoxy) is 2. The number of rotatable bonds is 6. The maximum absolute atomic E-state index is 12.1. The molecule has 2 fully saturated rings. The molecule has 6 nitrogen and oxygen atoms in total. The van der Waals surface area contributed by atoms with Crippen LogP contribution in [0.25, 0.3) is 0 Å². The third-order valence-electron chi connectivity index (χ3n) is 4.39. The van der Waals surface area contributed by atoms with Crippen molar-refractivity contribution in [1.29, 1.82) is 0 Å². The van der Waals surface area contributed by atoms with Gasteiger partial charge in [0.1, 0.15) is 0 Å². The van der Waals surface area contributed by atoms with E-state index in [0.717, 1.165) is 18.7 Å². The van der Waals surface area contributed by atoms with Crippen LogP contribution in [0.5, 0.6) is 0 Å². The Labute approximate surface area is 128 Å². The van der Waals surface area contributed by atoms with E-state index in [1.807, 2.05) is 5.38 Å². The summed E-state index contributed by atoms with van der Waals surface area (Å²) < 4.78 is 11.0. The molecular formula is C14H21N3O3S. The van der Waals surface area contributed by atoms with Gasteiger partial charge in [-0.2, -0.15) is 0 Å². The minimum atomic E-state index is 0.0676. The van der Waals surface area contributed by atoms with E-state index in [1.54, 1.807) is 7.11 Å². The highest BCUT2D eigenvalue weighted by Crippen LogP contribution is 2.43. The van der Waals surface area contributed by atoms with Gasteiger partial charge in [-0.15, -0.1) is 11.3 Å². The lowest BCUT2D eigenvalue weighted by Gasteiger charge is -2.47. The first-order valence-electron chi connectivity index (χ1n) is 7.29. The third kappa shape index (κ3) is 3.04. The van der Waals surface area contributed by atoms with Crippen LogP contribution in [-0.2, 0) is 20.7 Å². The Morgan fingerprint density at radius 2 is 2.52 bits per heavy atom. The number of carbonyl (C=O) groups excluding carboxylic acids is 1. The van der Waals surface area contributed by atoms with Crippen molar-refractivity contribution < 1.29 is 14.3 Å². The van der Waals surface area contributed by atoms with Crippen molar-refractivity contribution in [3.63, 3.8) is 0 Å². The van der Waals surface area contributed by atoms with Crippen LogP contribution in [0.2, 0.25) is 0 Å². The first-order chi connectivity index (χ1) is 10.2. The lowest BCUT2D eigenvalue weighted by molar-refractivity contribution is -0.129. The number of carbonyl (C=O) groups is 1. The molecule has 4 atom stereocenters. The summed E-state index contributed by atoms with van der Waals surface area (Å²) in [4.78, 5) is 16.3. The highest BCUT2D eigenvalue weighted by atomic mass is 32.1. The van der Waals surface area contributed by atoms with Crippen molar-refractivity contribution in [1.82, 2.24) is 10.3 Å². The minimum absolute atomic E-state index is 0.0676. The summed E-state index contributed by atoms with van der Waals surface area (Å²) >= 11 is 1.41. The van der Waals surface area contributed by atoms with E-state index in [1.165, 1.54) is 11.3 Å². The molecule has 1 aromatic heterocycles. The molecule has 0 bridgehead atoms. The van der Waals surface area contributed by atoms with Gasteiger partial charge in [0.25, 0.3) is 0 Å². The number of fused-ring (bicyclic) bond motifs is 1. The second-order valence-corrected chi connectivity index (χ2v) is 6.57. The zero-order chi connectivity index (χ0) is 14.8. The maximum atomic E-state index is 12.1. The molecule has 1 aliphatic carbocycles. The minimum Gasteiger partial charge on any atom is -0.384 e. The molecule has 7 heteroatoms. The number of hydrogen-bond donors (Lipinski definition) is 2. The molecule has 2 aliphatic rings. The molecule has 3 rings (SSSR count). The normalized spacial score (nSPS) is 30.7. The van der Waals surface area contributed by atoms with E-state index in [2.05, 4.69) is 10.3 Å². The fourth-order valence-electron chi connectivity index (χ4n) is 3.37. The number of aromatic nitrogens is 1. The van der Waals surface area contributed by atoms with Crippen LogP contribution in [0.1, 0.15) is 18.5 Å². The van der Waals surface area contributed by atoms with Crippen molar-refractivity contribution in [2.75, 3.05) is 26.1 Å². The molecule has 2 heterocycles. The van der Waals surface area contributed by atoms with Gasteiger partial charge in [-0.3, -0.25) is 4.79 Å². The number of hydrogen-bond acceptors (Lipinski definition) is 6. The highest BCUT2D eigenvalue weighted by molar-refractivity contribution is 7.13. The van der Waals surface area contributed by atoms with E-state index in [0.29, 0.717) is 30.5 Å². The third-order valence-corrected chi connectivity index (χ3v) is 5.12. The van der Waals surface area contributed by atoms with Crippen LogP contribution in [0.4, 0.5) is 5.13 Å². The van der Waals surface area contributed by atoms with Crippen LogP contribution in [-0.4, -0.2) is 43.4 Å². The van der Waals surface area contributed by atoms with E-state index in [9.17, 15) is 4.79 Å². The SMILES string of the molecule is COC[C@@H]1[C@H](NC(=O)CCc2csc(N)n2)[C@@H]2CCO[C@H]12. The molecular weight excluding hydrogens is 290 g/mol. The van der Waals surface area contributed by atoms with Gasteiger partial charge < -0.3 is 20.5 Å². The van der Waals surface area contributed by atoms with Gasteiger partial charge in [0.15, 0.2) is 5.13 Å². The largest absolute Gasteiger partial charge is 0.384 e. The highest BCUT2D eigenvalue weighted by Gasteiger charge is 2.54. The quantitative estimate of drug-likeness (QED) is 0.812. The molecule has 1 saturated heterocycles. The first-order valence-corrected chi connectivity index (χ1v) is 8.17. The number of nitrogens with two attached hydrogens (primary N) is 1. The molecule has 0 unspecified atom stereocenters.